The molecule has 5 heterocycles. The summed E-state index contributed by atoms with van der Waals surface area (Å²) in [4.78, 5) is 17.4. The van der Waals surface area contributed by atoms with Crippen molar-refractivity contribution < 1.29 is 0 Å². The first-order valence-corrected chi connectivity index (χ1v) is 8.42. The molecule has 0 unspecified atom stereocenters. The molecule has 0 atom stereocenters. The summed E-state index contributed by atoms with van der Waals surface area (Å²) in [6.45, 7) is 3.66. The standard InChI is InChI=1S/C17H17N9/c1-11-21-22-15-3-4-16(23-26(11)15)25-8-12(9-25)24(2)17-13-5-6-18-7-14(13)19-10-20-17/h3-7,10,12H,8-9H2,1-2H3. The van der Waals surface area contributed by atoms with Crippen LogP contribution in [0.4, 0.5) is 11.6 Å². The summed E-state index contributed by atoms with van der Waals surface area (Å²) in [5.41, 5.74) is 1.62. The Kier molecular flexibility index (Phi) is 3.21. The maximum atomic E-state index is 4.64. The number of nitrogens with zero attached hydrogens (tertiary/aromatic N) is 9. The van der Waals surface area contributed by atoms with E-state index in [1.54, 1.807) is 23.2 Å². The van der Waals surface area contributed by atoms with Crippen LogP contribution in [0.15, 0.2) is 36.9 Å². The summed E-state index contributed by atoms with van der Waals surface area (Å²) < 4.78 is 1.78. The zero-order valence-corrected chi connectivity index (χ0v) is 14.5. The molecule has 4 aromatic rings. The van der Waals surface area contributed by atoms with Crippen molar-refractivity contribution in [2.75, 3.05) is 29.9 Å². The lowest BCUT2D eigenvalue weighted by molar-refractivity contribution is 0.487. The number of aryl methyl sites for hydroxylation is 1. The quantitative estimate of drug-likeness (QED) is 0.544. The Hall–Kier alpha value is -3.36. The lowest BCUT2D eigenvalue weighted by Crippen LogP contribution is -2.59. The van der Waals surface area contributed by atoms with Crippen molar-refractivity contribution in [3.63, 3.8) is 0 Å². The Balaban J connectivity index is 1.37. The fourth-order valence-electron chi connectivity index (χ4n) is 3.29. The highest BCUT2D eigenvalue weighted by molar-refractivity contribution is 5.88. The molecule has 0 spiro atoms. The van der Waals surface area contributed by atoms with Gasteiger partial charge in [0.15, 0.2) is 11.5 Å². The maximum absolute atomic E-state index is 4.64. The van der Waals surface area contributed by atoms with Crippen molar-refractivity contribution in [3.05, 3.63) is 42.7 Å². The third-order valence-corrected chi connectivity index (χ3v) is 4.89. The highest BCUT2D eigenvalue weighted by Crippen LogP contribution is 2.27. The van der Waals surface area contributed by atoms with Gasteiger partial charge in [0.1, 0.15) is 18.0 Å². The van der Waals surface area contributed by atoms with Gasteiger partial charge in [-0.25, -0.2) is 9.97 Å². The lowest BCUT2D eigenvalue weighted by Gasteiger charge is -2.45. The van der Waals surface area contributed by atoms with Crippen LogP contribution in [-0.4, -0.2) is 60.9 Å². The van der Waals surface area contributed by atoms with E-state index in [1.165, 1.54) is 0 Å². The number of rotatable bonds is 3. The predicted molar refractivity (Wildman–Crippen MR) is 97.3 cm³/mol. The number of likely N-dealkylation sites (N-methyl/N-ethyl adjacent to an activating group) is 1. The Morgan fingerprint density at radius 1 is 1.12 bits per heavy atom. The molecule has 0 bridgehead atoms. The van der Waals surface area contributed by atoms with Crippen molar-refractivity contribution in [1.82, 2.24) is 34.8 Å². The summed E-state index contributed by atoms with van der Waals surface area (Å²) in [6, 6.07) is 6.26. The minimum atomic E-state index is 0.362. The van der Waals surface area contributed by atoms with Crippen molar-refractivity contribution >= 4 is 28.2 Å². The van der Waals surface area contributed by atoms with Gasteiger partial charge >= 0.3 is 0 Å². The van der Waals surface area contributed by atoms with Gasteiger partial charge < -0.3 is 9.80 Å². The van der Waals surface area contributed by atoms with Crippen molar-refractivity contribution in [1.29, 1.82) is 0 Å². The van der Waals surface area contributed by atoms with Crippen LogP contribution < -0.4 is 9.80 Å². The molecule has 5 rings (SSSR count). The van der Waals surface area contributed by atoms with Crippen LogP contribution in [0.1, 0.15) is 5.82 Å². The van der Waals surface area contributed by atoms with E-state index in [4.69, 9.17) is 0 Å². The molecule has 1 aliphatic heterocycles. The van der Waals surface area contributed by atoms with Crippen LogP contribution in [0.25, 0.3) is 16.6 Å². The molecule has 0 saturated carbocycles. The van der Waals surface area contributed by atoms with Crippen LogP contribution in [0.2, 0.25) is 0 Å². The number of aromatic nitrogens is 7. The molecule has 9 nitrogen and oxygen atoms in total. The second kappa shape index (κ2) is 5.58. The Morgan fingerprint density at radius 3 is 2.88 bits per heavy atom. The molecular formula is C17H17N9. The van der Waals surface area contributed by atoms with Crippen LogP contribution in [-0.2, 0) is 0 Å². The Labute approximate surface area is 149 Å². The molecule has 4 aromatic heterocycles. The van der Waals surface area contributed by atoms with Crippen molar-refractivity contribution in [2.45, 2.75) is 13.0 Å². The molecule has 0 N–H and O–H groups in total. The fourth-order valence-corrected chi connectivity index (χ4v) is 3.29. The molecule has 0 aliphatic carbocycles. The second-order valence-corrected chi connectivity index (χ2v) is 6.47. The second-order valence-electron chi connectivity index (χ2n) is 6.47. The smallest absolute Gasteiger partial charge is 0.178 e. The number of pyridine rings is 1. The van der Waals surface area contributed by atoms with Gasteiger partial charge in [0.05, 0.1) is 17.8 Å². The van der Waals surface area contributed by atoms with Crippen molar-refractivity contribution in [2.24, 2.45) is 0 Å². The molecule has 1 fully saturated rings. The fraction of sp³-hybridized carbons (Fsp3) is 0.294. The number of hydrogen-bond acceptors (Lipinski definition) is 8. The number of fused-ring (bicyclic) bond motifs is 2. The average molecular weight is 347 g/mol. The molecular weight excluding hydrogens is 330 g/mol. The average Bonchev–Trinajstić information content (AvgIpc) is 3.00. The third-order valence-electron chi connectivity index (χ3n) is 4.89. The first-order valence-electron chi connectivity index (χ1n) is 8.42. The monoisotopic (exact) mass is 347 g/mol. The molecule has 130 valence electrons. The lowest BCUT2D eigenvalue weighted by atomic mass is 10.1. The van der Waals surface area contributed by atoms with E-state index in [1.807, 2.05) is 25.1 Å². The minimum Gasteiger partial charge on any atom is -0.353 e. The van der Waals surface area contributed by atoms with E-state index >= 15 is 0 Å². The first-order chi connectivity index (χ1) is 12.7. The number of hydrogen-bond donors (Lipinski definition) is 0. The summed E-state index contributed by atoms with van der Waals surface area (Å²) in [7, 11) is 2.07. The van der Waals surface area contributed by atoms with Crippen LogP contribution in [0.5, 0.6) is 0 Å². The molecule has 0 aromatic carbocycles. The van der Waals surface area contributed by atoms with Gasteiger partial charge in [-0.1, -0.05) is 0 Å². The molecule has 9 heteroatoms. The van der Waals surface area contributed by atoms with Gasteiger partial charge in [-0.05, 0) is 25.1 Å². The van der Waals surface area contributed by atoms with E-state index < -0.39 is 0 Å². The zero-order valence-electron chi connectivity index (χ0n) is 14.5. The largest absolute Gasteiger partial charge is 0.353 e. The summed E-state index contributed by atoms with van der Waals surface area (Å²) in [6.07, 6.45) is 5.13. The Bertz CT molecular complexity index is 1090. The van der Waals surface area contributed by atoms with E-state index in [0.717, 1.165) is 47.1 Å². The van der Waals surface area contributed by atoms with Gasteiger partial charge in [0, 0.05) is 31.7 Å². The highest BCUT2D eigenvalue weighted by Gasteiger charge is 2.32. The topological polar surface area (TPSA) is 88.2 Å². The van der Waals surface area contributed by atoms with Crippen LogP contribution in [0, 0.1) is 6.92 Å². The van der Waals surface area contributed by atoms with E-state index in [9.17, 15) is 0 Å². The van der Waals surface area contributed by atoms with Gasteiger partial charge in [-0.3, -0.25) is 4.98 Å². The normalized spacial score (nSPS) is 14.8. The third kappa shape index (κ3) is 2.24. The molecule has 1 saturated heterocycles. The summed E-state index contributed by atoms with van der Waals surface area (Å²) >= 11 is 0. The summed E-state index contributed by atoms with van der Waals surface area (Å²) in [5.74, 6) is 2.65. The SMILES string of the molecule is Cc1nnc2ccc(N3CC(N(C)c4ncnc5cnccc45)C3)nn12. The number of anilines is 2. The highest BCUT2D eigenvalue weighted by atomic mass is 15.4. The minimum absolute atomic E-state index is 0.362. The van der Waals surface area contributed by atoms with E-state index in [0.29, 0.717) is 6.04 Å². The van der Waals surface area contributed by atoms with Crippen LogP contribution >= 0.6 is 0 Å². The van der Waals surface area contributed by atoms with E-state index in [2.05, 4.69) is 47.1 Å². The molecule has 0 radical (unpaired) electrons. The van der Waals surface area contributed by atoms with Gasteiger partial charge in [-0.15, -0.1) is 15.3 Å². The Morgan fingerprint density at radius 2 is 2.00 bits per heavy atom. The van der Waals surface area contributed by atoms with Crippen LogP contribution in [0.3, 0.4) is 0 Å². The van der Waals surface area contributed by atoms with Crippen molar-refractivity contribution in [3.8, 4) is 0 Å². The van der Waals surface area contributed by atoms with Gasteiger partial charge in [-0.2, -0.15) is 4.52 Å². The first kappa shape index (κ1) is 14.9. The predicted octanol–water partition coefficient (Wildman–Crippen LogP) is 1.10. The zero-order chi connectivity index (χ0) is 17.7. The molecule has 26 heavy (non-hydrogen) atoms. The van der Waals surface area contributed by atoms with Gasteiger partial charge in [0.2, 0.25) is 0 Å². The van der Waals surface area contributed by atoms with Gasteiger partial charge in [0.25, 0.3) is 0 Å². The van der Waals surface area contributed by atoms with E-state index in [-0.39, 0.29) is 0 Å². The molecule has 1 aliphatic rings. The molecule has 0 amide bonds. The summed E-state index contributed by atoms with van der Waals surface area (Å²) in [5, 5.41) is 13.8. The maximum Gasteiger partial charge on any atom is 0.178 e.